The summed E-state index contributed by atoms with van der Waals surface area (Å²) in [7, 11) is 1.70. The van der Waals surface area contributed by atoms with Crippen molar-refractivity contribution in [3.63, 3.8) is 0 Å². The lowest BCUT2D eigenvalue weighted by atomic mass is 9.94. The van der Waals surface area contributed by atoms with Crippen molar-refractivity contribution in [1.29, 1.82) is 0 Å². The highest BCUT2D eigenvalue weighted by molar-refractivity contribution is 9.10. The van der Waals surface area contributed by atoms with E-state index in [9.17, 15) is 0 Å². The molecule has 102 valence electrons. The number of nitrogens with one attached hydrogen (secondary N) is 1. The fraction of sp³-hybridized carbons (Fsp3) is 0.600. The zero-order chi connectivity index (χ0) is 13.5. The van der Waals surface area contributed by atoms with E-state index in [1.165, 1.54) is 18.4 Å². The minimum Gasteiger partial charge on any atom is -0.496 e. The molecule has 1 aromatic carbocycles. The molecule has 3 heteroatoms. The van der Waals surface area contributed by atoms with Gasteiger partial charge in [0.1, 0.15) is 5.75 Å². The lowest BCUT2D eigenvalue weighted by Crippen LogP contribution is -2.22. The van der Waals surface area contributed by atoms with Crippen LogP contribution in [0.5, 0.6) is 5.75 Å². The van der Waals surface area contributed by atoms with Crippen molar-refractivity contribution < 1.29 is 4.74 Å². The number of hydrogen-bond donors (Lipinski definition) is 1. The first-order valence-electron chi connectivity index (χ1n) is 6.69. The summed E-state index contributed by atoms with van der Waals surface area (Å²) in [5, 5.41) is 3.57. The van der Waals surface area contributed by atoms with Crippen molar-refractivity contribution in [2.45, 2.75) is 39.7 Å². The molecule has 2 nitrogen and oxygen atoms in total. The van der Waals surface area contributed by atoms with Crippen LogP contribution in [0.4, 0.5) is 0 Å². The summed E-state index contributed by atoms with van der Waals surface area (Å²) in [4.78, 5) is 0. The fourth-order valence-corrected chi connectivity index (χ4v) is 2.61. The van der Waals surface area contributed by atoms with Crippen LogP contribution in [0, 0.1) is 5.92 Å². The molecule has 1 aromatic rings. The molecule has 1 N–H and O–H groups in total. The van der Waals surface area contributed by atoms with Crippen molar-refractivity contribution in [1.82, 2.24) is 5.32 Å². The first-order chi connectivity index (χ1) is 8.62. The van der Waals surface area contributed by atoms with Crippen molar-refractivity contribution in [3.05, 3.63) is 28.2 Å². The van der Waals surface area contributed by atoms with Gasteiger partial charge in [-0.1, -0.05) is 33.3 Å². The quantitative estimate of drug-likeness (QED) is 0.797. The van der Waals surface area contributed by atoms with E-state index >= 15 is 0 Å². The SMILES string of the molecule is CCNC(CC(C)CC)c1ccc(OC)c(Br)c1. The Morgan fingerprint density at radius 2 is 2.06 bits per heavy atom. The molecule has 0 aliphatic carbocycles. The maximum atomic E-state index is 5.27. The van der Waals surface area contributed by atoms with Gasteiger partial charge in [0, 0.05) is 6.04 Å². The molecule has 0 aromatic heterocycles. The summed E-state index contributed by atoms with van der Waals surface area (Å²) in [6.07, 6.45) is 2.39. The zero-order valence-electron chi connectivity index (χ0n) is 11.8. The average Bonchev–Trinajstić information content (AvgIpc) is 2.38. The number of ether oxygens (including phenoxy) is 1. The Balaban J connectivity index is 2.87. The molecule has 0 saturated carbocycles. The van der Waals surface area contributed by atoms with E-state index in [4.69, 9.17) is 4.74 Å². The van der Waals surface area contributed by atoms with Crippen molar-refractivity contribution in [3.8, 4) is 5.75 Å². The van der Waals surface area contributed by atoms with E-state index < -0.39 is 0 Å². The molecule has 0 saturated heterocycles. The van der Waals surface area contributed by atoms with Gasteiger partial charge in [0.2, 0.25) is 0 Å². The van der Waals surface area contributed by atoms with E-state index in [-0.39, 0.29) is 0 Å². The second kappa shape index (κ2) is 7.80. The van der Waals surface area contributed by atoms with Crippen LogP contribution in [0.1, 0.15) is 45.2 Å². The summed E-state index contributed by atoms with van der Waals surface area (Å²) in [6, 6.07) is 6.76. The van der Waals surface area contributed by atoms with Gasteiger partial charge in [-0.25, -0.2) is 0 Å². The normalized spacial score (nSPS) is 14.3. The first kappa shape index (κ1) is 15.5. The van der Waals surface area contributed by atoms with Gasteiger partial charge in [-0.15, -0.1) is 0 Å². The summed E-state index contributed by atoms with van der Waals surface area (Å²) in [5.41, 5.74) is 1.32. The molecule has 0 aliphatic rings. The van der Waals surface area contributed by atoms with E-state index in [1.54, 1.807) is 7.11 Å². The van der Waals surface area contributed by atoms with E-state index in [0.717, 1.165) is 22.7 Å². The highest BCUT2D eigenvalue weighted by Crippen LogP contribution is 2.30. The standard InChI is InChI=1S/C15H24BrNO/c1-5-11(3)9-14(17-6-2)12-7-8-15(18-4)13(16)10-12/h7-8,10-11,14,17H,5-6,9H2,1-4H3. The van der Waals surface area contributed by atoms with Crippen molar-refractivity contribution in [2.75, 3.05) is 13.7 Å². The summed E-state index contributed by atoms with van der Waals surface area (Å²) >= 11 is 3.56. The molecule has 2 atom stereocenters. The van der Waals surface area contributed by atoms with Gasteiger partial charge in [0.25, 0.3) is 0 Å². The van der Waals surface area contributed by atoms with Crippen molar-refractivity contribution >= 4 is 15.9 Å². The molecular weight excluding hydrogens is 290 g/mol. The van der Waals surface area contributed by atoms with Gasteiger partial charge in [-0.3, -0.25) is 0 Å². The molecule has 0 aliphatic heterocycles. The Kier molecular flexibility index (Phi) is 6.72. The molecule has 18 heavy (non-hydrogen) atoms. The molecule has 0 spiro atoms. The highest BCUT2D eigenvalue weighted by Gasteiger charge is 2.14. The predicted molar refractivity (Wildman–Crippen MR) is 81.2 cm³/mol. The summed E-state index contributed by atoms with van der Waals surface area (Å²) < 4.78 is 6.30. The third kappa shape index (κ3) is 4.29. The Morgan fingerprint density at radius 1 is 1.33 bits per heavy atom. The van der Waals surface area contributed by atoms with Gasteiger partial charge in [-0.2, -0.15) is 0 Å². The van der Waals surface area contributed by atoms with E-state index in [2.05, 4.69) is 54.2 Å². The molecule has 0 amide bonds. The van der Waals surface area contributed by atoms with Crippen LogP contribution in [0.15, 0.2) is 22.7 Å². The zero-order valence-corrected chi connectivity index (χ0v) is 13.4. The maximum absolute atomic E-state index is 5.27. The van der Waals surface area contributed by atoms with Crippen LogP contribution in [0.3, 0.4) is 0 Å². The van der Waals surface area contributed by atoms with E-state index in [1.807, 2.05) is 6.07 Å². The maximum Gasteiger partial charge on any atom is 0.133 e. The van der Waals surface area contributed by atoms with Crippen LogP contribution in [0.2, 0.25) is 0 Å². The number of hydrogen-bond acceptors (Lipinski definition) is 2. The number of halogens is 1. The monoisotopic (exact) mass is 313 g/mol. The lowest BCUT2D eigenvalue weighted by molar-refractivity contribution is 0.403. The van der Waals surface area contributed by atoms with Crippen LogP contribution < -0.4 is 10.1 Å². The number of methoxy groups -OCH3 is 1. The summed E-state index contributed by atoms with van der Waals surface area (Å²) in [5.74, 6) is 1.62. The largest absolute Gasteiger partial charge is 0.496 e. The summed E-state index contributed by atoms with van der Waals surface area (Å²) in [6.45, 7) is 7.70. The third-order valence-corrected chi connectivity index (χ3v) is 3.98. The van der Waals surface area contributed by atoms with Crippen LogP contribution >= 0.6 is 15.9 Å². The third-order valence-electron chi connectivity index (χ3n) is 3.36. The molecular formula is C15H24BrNO. The molecule has 2 unspecified atom stereocenters. The molecule has 0 bridgehead atoms. The minimum atomic E-state index is 0.423. The number of benzene rings is 1. The van der Waals surface area contributed by atoms with Gasteiger partial charge < -0.3 is 10.1 Å². The van der Waals surface area contributed by atoms with Gasteiger partial charge in [0.05, 0.1) is 11.6 Å². The fourth-order valence-electron chi connectivity index (χ4n) is 2.05. The van der Waals surface area contributed by atoms with Crippen LogP contribution in [0.25, 0.3) is 0 Å². The first-order valence-corrected chi connectivity index (χ1v) is 7.48. The predicted octanol–water partition coefficient (Wildman–Crippen LogP) is 4.54. The molecule has 0 fully saturated rings. The Labute approximate surface area is 119 Å². The van der Waals surface area contributed by atoms with Gasteiger partial charge in [0.15, 0.2) is 0 Å². The topological polar surface area (TPSA) is 21.3 Å². The smallest absolute Gasteiger partial charge is 0.133 e. The number of rotatable bonds is 7. The Morgan fingerprint density at radius 3 is 2.56 bits per heavy atom. The Hall–Kier alpha value is -0.540. The Bertz CT molecular complexity index is 368. The second-order valence-corrected chi connectivity index (χ2v) is 5.61. The van der Waals surface area contributed by atoms with Gasteiger partial charge >= 0.3 is 0 Å². The average molecular weight is 314 g/mol. The van der Waals surface area contributed by atoms with Gasteiger partial charge in [-0.05, 0) is 52.5 Å². The molecule has 1 rings (SSSR count). The highest BCUT2D eigenvalue weighted by atomic mass is 79.9. The minimum absolute atomic E-state index is 0.423. The van der Waals surface area contributed by atoms with Crippen LogP contribution in [-0.2, 0) is 0 Å². The molecule has 0 heterocycles. The lowest BCUT2D eigenvalue weighted by Gasteiger charge is -2.22. The molecule has 0 radical (unpaired) electrons. The second-order valence-electron chi connectivity index (χ2n) is 4.75. The van der Waals surface area contributed by atoms with Crippen LogP contribution in [-0.4, -0.2) is 13.7 Å². The van der Waals surface area contributed by atoms with Crippen molar-refractivity contribution in [2.24, 2.45) is 5.92 Å². The van der Waals surface area contributed by atoms with E-state index in [0.29, 0.717) is 6.04 Å².